The zero-order chi connectivity index (χ0) is 36.2. The zero-order valence-corrected chi connectivity index (χ0v) is 28.3. The molecule has 0 bridgehead atoms. The summed E-state index contributed by atoms with van der Waals surface area (Å²) in [5, 5.41) is 59.0. The molecule has 0 fully saturated rings. The van der Waals surface area contributed by atoms with Crippen molar-refractivity contribution in [3.63, 3.8) is 0 Å². The van der Waals surface area contributed by atoms with Gasteiger partial charge in [-0.05, 0) is 113 Å². The van der Waals surface area contributed by atoms with Crippen LogP contribution in [0.1, 0.15) is 0 Å². The first-order valence-corrected chi connectivity index (χ1v) is 17.3. The lowest BCUT2D eigenvalue weighted by molar-refractivity contribution is 0.330. The fraction of sp³-hybridized carbons (Fsp3) is 0. The van der Waals surface area contributed by atoms with Gasteiger partial charge in [0.15, 0.2) is 11.5 Å². The van der Waals surface area contributed by atoms with Crippen LogP contribution in [0.15, 0.2) is 164 Å². The smallest absolute Gasteiger partial charge is 0.208 e. The quantitative estimate of drug-likeness (QED) is 0.0704. The minimum absolute atomic E-state index is 0.193. The molecule has 0 spiro atoms. The highest BCUT2D eigenvalue weighted by Gasteiger charge is 2.26. The summed E-state index contributed by atoms with van der Waals surface area (Å²) in [6.07, 6.45) is 0. The van der Waals surface area contributed by atoms with Crippen LogP contribution < -0.4 is 0 Å². The van der Waals surface area contributed by atoms with Gasteiger partial charge in [-0.15, -0.1) is 0 Å². The zero-order valence-electron chi connectivity index (χ0n) is 28.3. The molecule has 0 aliphatic carbocycles. The summed E-state index contributed by atoms with van der Waals surface area (Å²) in [6.45, 7) is 0. The summed E-state index contributed by atoms with van der Waals surface area (Å²) in [7, 11) is 0. The molecule has 0 radical (unpaired) electrons. The molecule has 0 heterocycles. The van der Waals surface area contributed by atoms with Crippen molar-refractivity contribution in [1.82, 2.24) is 0 Å². The van der Waals surface area contributed by atoms with Crippen molar-refractivity contribution < 1.29 is 25.5 Å². The summed E-state index contributed by atoms with van der Waals surface area (Å²) in [6, 6.07) is 55.8. The van der Waals surface area contributed by atoms with Gasteiger partial charge in [0, 0.05) is 0 Å². The first-order valence-electron chi connectivity index (χ1n) is 17.3. The summed E-state index contributed by atoms with van der Waals surface area (Å²) < 4.78 is 0. The monoisotopic (exact) mass is 688 g/mol. The van der Waals surface area contributed by atoms with Gasteiger partial charge in [-0.1, -0.05) is 133 Å². The molecule has 5 heteroatoms. The van der Waals surface area contributed by atoms with Crippen LogP contribution in [-0.4, -0.2) is 25.5 Å². The van der Waals surface area contributed by atoms with E-state index >= 15 is 0 Å². The van der Waals surface area contributed by atoms with Crippen molar-refractivity contribution in [3.05, 3.63) is 164 Å². The van der Waals surface area contributed by atoms with Crippen LogP contribution >= 0.6 is 0 Å². The normalized spacial score (nSPS) is 11.4. The van der Waals surface area contributed by atoms with E-state index in [0.29, 0.717) is 5.56 Å². The number of fused-ring (bicyclic) bond motifs is 3. The molecule has 254 valence electrons. The Bertz CT molecular complexity index is 2740. The Morgan fingerprint density at radius 2 is 0.623 bits per heavy atom. The van der Waals surface area contributed by atoms with E-state index in [-0.39, 0.29) is 5.56 Å². The minimum atomic E-state index is -0.996. The number of aromatic hydroxyl groups is 5. The molecule has 5 N–H and O–H groups in total. The second-order valence-corrected chi connectivity index (χ2v) is 13.2. The summed E-state index contributed by atoms with van der Waals surface area (Å²) in [4.78, 5) is 0. The molecule has 5 nitrogen and oxygen atoms in total. The van der Waals surface area contributed by atoms with Crippen molar-refractivity contribution >= 4 is 32.3 Å². The number of phenolic OH excluding ortho intramolecular Hbond substituents is 5. The van der Waals surface area contributed by atoms with Crippen LogP contribution in [0.4, 0.5) is 0 Å². The van der Waals surface area contributed by atoms with Crippen molar-refractivity contribution in [1.29, 1.82) is 0 Å². The lowest BCUT2D eigenvalue weighted by atomic mass is 9.82. The molecule has 9 aromatic rings. The largest absolute Gasteiger partial charge is 0.504 e. The van der Waals surface area contributed by atoms with E-state index in [4.69, 9.17) is 0 Å². The van der Waals surface area contributed by atoms with Crippen LogP contribution in [0.2, 0.25) is 0 Å². The Labute approximate surface area is 305 Å². The van der Waals surface area contributed by atoms with Gasteiger partial charge < -0.3 is 25.5 Å². The van der Waals surface area contributed by atoms with E-state index in [1.54, 1.807) is 6.07 Å². The Kier molecular flexibility index (Phi) is 7.49. The summed E-state index contributed by atoms with van der Waals surface area (Å²) in [5.41, 5.74) is 8.57. The molecule has 0 saturated heterocycles. The van der Waals surface area contributed by atoms with Crippen molar-refractivity contribution in [3.8, 4) is 84.4 Å². The SMILES string of the molecule is Oc1c(O)c(O)c(-c2cc(-c3c4ccccc4c(-c4cc(-c5ccccc5)cc(-c5ccccc5)c4)c4ccccc34)c3ccccc3c2)c(O)c1O. The van der Waals surface area contributed by atoms with E-state index in [0.717, 1.165) is 76.8 Å². The molecule has 0 atom stereocenters. The first-order chi connectivity index (χ1) is 25.9. The third-order valence-electron chi connectivity index (χ3n) is 10.2. The lowest BCUT2D eigenvalue weighted by Crippen LogP contribution is -1.94. The molecule has 0 aliphatic rings. The van der Waals surface area contributed by atoms with E-state index in [9.17, 15) is 25.5 Å². The van der Waals surface area contributed by atoms with Crippen molar-refractivity contribution in [2.75, 3.05) is 0 Å². The van der Waals surface area contributed by atoms with E-state index in [2.05, 4.69) is 103 Å². The predicted octanol–water partition coefficient (Wildman–Crippen LogP) is 12.0. The minimum Gasteiger partial charge on any atom is -0.504 e. The predicted molar refractivity (Wildman–Crippen MR) is 214 cm³/mol. The Hall–Kier alpha value is -7.24. The molecule has 9 rings (SSSR count). The third-order valence-corrected chi connectivity index (χ3v) is 10.2. The molecule has 0 unspecified atom stereocenters. The highest BCUT2D eigenvalue weighted by Crippen LogP contribution is 2.56. The highest BCUT2D eigenvalue weighted by molar-refractivity contribution is 6.24. The number of rotatable bonds is 5. The number of hydrogen-bond donors (Lipinski definition) is 5. The average molecular weight is 689 g/mol. The second kappa shape index (κ2) is 12.5. The van der Waals surface area contributed by atoms with Gasteiger partial charge >= 0.3 is 0 Å². The van der Waals surface area contributed by atoms with Gasteiger partial charge in [0.2, 0.25) is 17.2 Å². The standard InChI is InChI=1S/C48H32O5/c49-44-42(45(50)47(52)48(53)46(44)51)34-23-30-17-7-8-18-35(30)40(27-34)43-38-21-11-9-19-36(38)41(37-20-10-12-22-39(37)43)33-25-31(28-13-3-1-4-14-28)24-32(26-33)29-15-5-2-6-16-29/h1-27,49-53H. The Balaban J connectivity index is 1.39. The van der Waals surface area contributed by atoms with E-state index < -0.39 is 28.7 Å². The highest BCUT2D eigenvalue weighted by atomic mass is 16.4. The number of phenols is 5. The maximum Gasteiger partial charge on any atom is 0.208 e. The van der Waals surface area contributed by atoms with Crippen molar-refractivity contribution in [2.45, 2.75) is 0 Å². The van der Waals surface area contributed by atoms with Gasteiger partial charge in [-0.25, -0.2) is 0 Å². The van der Waals surface area contributed by atoms with Gasteiger partial charge in [0.05, 0.1) is 5.56 Å². The molecule has 0 amide bonds. The number of hydrogen-bond acceptors (Lipinski definition) is 5. The molecule has 0 aliphatic heterocycles. The fourth-order valence-electron chi connectivity index (χ4n) is 7.72. The van der Waals surface area contributed by atoms with Crippen LogP contribution in [0, 0.1) is 0 Å². The molecular formula is C48H32O5. The van der Waals surface area contributed by atoms with Crippen LogP contribution in [-0.2, 0) is 0 Å². The van der Waals surface area contributed by atoms with E-state index in [1.807, 2.05) is 54.6 Å². The van der Waals surface area contributed by atoms with Crippen molar-refractivity contribution in [2.24, 2.45) is 0 Å². The van der Waals surface area contributed by atoms with Crippen LogP contribution in [0.25, 0.3) is 88.0 Å². The summed E-state index contributed by atoms with van der Waals surface area (Å²) >= 11 is 0. The maximum absolute atomic E-state index is 11.0. The Morgan fingerprint density at radius 3 is 1.13 bits per heavy atom. The molecule has 0 saturated carbocycles. The number of benzene rings is 9. The lowest BCUT2D eigenvalue weighted by Gasteiger charge is -2.21. The maximum atomic E-state index is 11.0. The third kappa shape index (κ3) is 5.17. The van der Waals surface area contributed by atoms with E-state index in [1.165, 1.54) is 0 Å². The van der Waals surface area contributed by atoms with Crippen LogP contribution in [0.5, 0.6) is 28.7 Å². The molecule has 0 aromatic heterocycles. The van der Waals surface area contributed by atoms with Gasteiger partial charge in [-0.3, -0.25) is 0 Å². The first kappa shape index (κ1) is 31.7. The fourth-order valence-corrected chi connectivity index (χ4v) is 7.72. The second-order valence-electron chi connectivity index (χ2n) is 13.2. The average Bonchev–Trinajstić information content (AvgIpc) is 3.21. The van der Waals surface area contributed by atoms with Gasteiger partial charge in [0.25, 0.3) is 0 Å². The Morgan fingerprint density at radius 1 is 0.245 bits per heavy atom. The molecule has 53 heavy (non-hydrogen) atoms. The van der Waals surface area contributed by atoms with Crippen LogP contribution in [0.3, 0.4) is 0 Å². The topological polar surface area (TPSA) is 101 Å². The molecular weight excluding hydrogens is 657 g/mol. The van der Waals surface area contributed by atoms with Gasteiger partial charge in [-0.2, -0.15) is 0 Å². The summed E-state index contributed by atoms with van der Waals surface area (Å²) in [5.74, 6) is -4.31. The van der Waals surface area contributed by atoms with Gasteiger partial charge in [0.1, 0.15) is 0 Å². The molecule has 9 aromatic carbocycles.